The van der Waals surface area contributed by atoms with E-state index in [1.807, 2.05) is 19.2 Å². The Kier molecular flexibility index (Phi) is 4.44. The SMILES string of the molecule is Cc1cc(O)ccc1-c1ccc2c(-c3ncc(C4=C[C@@H](C)N[C@H](C)C4)[nH]3)n[nH]c2c1. The van der Waals surface area contributed by atoms with Gasteiger partial charge in [-0.05, 0) is 73.7 Å². The molecule has 1 aliphatic heterocycles. The molecule has 2 aromatic carbocycles. The average molecular weight is 399 g/mol. The molecule has 2 aromatic heterocycles. The lowest BCUT2D eigenvalue weighted by Gasteiger charge is -2.25. The summed E-state index contributed by atoms with van der Waals surface area (Å²) < 4.78 is 0. The molecule has 0 fully saturated rings. The fraction of sp³-hybridized carbons (Fsp3) is 0.250. The Morgan fingerprint density at radius 3 is 2.77 bits per heavy atom. The number of aromatic nitrogens is 4. The van der Waals surface area contributed by atoms with Gasteiger partial charge >= 0.3 is 0 Å². The van der Waals surface area contributed by atoms with E-state index in [-0.39, 0.29) is 5.75 Å². The molecule has 1 aliphatic rings. The van der Waals surface area contributed by atoms with Gasteiger partial charge in [0, 0.05) is 17.5 Å². The number of fused-ring (bicyclic) bond motifs is 1. The highest BCUT2D eigenvalue weighted by Gasteiger charge is 2.19. The number of phenols is 1. The third-order valence-electron chi connectivity index (χ3n) is 5.75. The summed E-state index contributed by atoms with van der Waals surface area (Å²) in [6.07, 6.45) is 5.13. The fourth-order valence-electron chi connectivity index (χ4n) is 4.40. The van der Waals surface area contributed by atoms with Crippen LogP contribution in [0.4, 0.5) is 0 Å². The van der Waals surface area contributed by atoms with Gasteiger partial charge in [-0.2, -0.15) is 5.10 Å². The Hall–Kier alpha value is -3.38. The minimum absolute atomic E-state index is 0.280. The zero-order valence-corrected chi connectivity index (χ0v) is 17.3. The highest BCUT2D eigenvalue weighted by Crippen LogP contribution is 2.32. The van der Waals surface area contributed by atoms with Gasteiger partial charge in [0.25, 0.3) is 0 Å². The zero-order valence-electron chi connectivity index (χ0n) is 17.3. The molecule has 2 atom stereocenters. The predicted octanol–water partition coefficient (Wildman–Crippen LogP) is 4.79. The molecule has 5 rings (SSSR count). The van der Waals surface area contributed by atoms with E-state index in [1.165, 1.54) is 5.57 Å². The number of H-pyrrole nitrogens is 2. The quantitative estimate of drug-likeness (QED) is 0.399. The summed E-state index contributed by atoms with van der Waals surface area (Å²) in [6.45, 7) is 6.37. The van der Waals surface area contributed by atoms with Crippen LogP contribution in [0.25, 0.3) is 39.1 Å². The molecular weight excluding hydrogens is 374 g/mol. The maximum absolute atomic E-state index is 9.68. The van der Waals surface area contributed by atoms with Crippen molar-refractivity contribution in [1.82, 2.24) is 25.5 Å². The summed E-state index contributed by atoms with van der Waals surface area (Å²) in [5, 5.41) is 21.9. The molecule has 4 N–H and O–H groups in total. The molecule has 0 spiro atoms. The molecule has 0 bridgehead atoms. The van der Waals surface area contributed by atoms with E-state index in [0.29, 0.717) is 12.1 Å². The summed E-state index contributed by atoms with van der Waals surface area (Å²) in [7, 11) is 0. The average Bonchev–Trinajstić information content (AvgIpc) is 3.33. The van der Waals surface area contributed by atoms with Crippen LogP contribution >= 0.6 is 0 Å². The second kappa shape index (κ2) is 7.15. The minimum Gasteiger partial charge on any atom is -0.508 e. The summed E-state index contributed by atoms with van der Waals surface area (Å²) in [6, 6.07) is 12.5. The van der Waals surface area contributed by atoms with Crippen molar-refractivity contribution in [2.24, 2.45) is 0 Å². The summed E-state index contributed by atoms with van der Waals surface area (Å²) in [4.78, 5) is 8.07. The molecule has 0 aliphatic carbocycles. The lowest BCUT2D eigenvalue weighted by Crippen LogP contribution is -2.36. The molecule has 0 radical (unpaired) electrons. The van der Waals surface area contributed by atoms with Crippen LogP contribution in [-0.2, 0) is 0 Å². The standard InChI is InChI=1S/C24H25N5O/c1-13-8-18(30)5-7-19(13)16-4-6-20-21(11-16)28-29-23(20)24-25-12-22(27-24)17-9-14(2)26-15(3)10-17/h4-9,11-12,14-15,26,30H,10H2,1-3H3,(H,25,27)(H,28,29)/t14-,15-/m1/s1. The van der Waals surface area contributed by atoms with Gasteiger partial charge in [-0.3, -0.25) is 5.10 Å². The fourth-order valence-corrected chi connectivity index (χ4v) is 4.40. The van der Waals surface area contributed by atoms with Gasteiger partial charge in [-0.15, -0.1) is 0 Å². The Labute approximate surface area is 175 Å². The van der Waals surface area contributed by atoms with Gasteiger partial charge in [0.15, 0.2) is 5.82 Å². The normalized spacial score (nSPS) is 19.2. The van der Waals surface area contributed by atoms with Crippen molar-refractivity contribution >= 4 is 16.5 Å². The van der Waals surface area contributed by atoms with Gasteiger partial charge in [-0.1, -0.05) is 18.2 Å². The molecule has 30 heavy (non-hydrogen) atoms. The topological polar surface area (TPSA) is 89.6 Å². The van der Waals surface area contributed by atoms with E-state index >= 15 is 0 Å². The molecule has 0 saturated carbocycles. The van der Waals surface area contributed by atoms with Crippen LogP contribution < -0.4 is 5.32 Å². The number of hydrogen-bond donors (Lipinski definition) is 4. The number of aryl methyl sites for hydroxylation is 1. The molecule has 0 amide bonds. The largest absolute Gasteiger partial charge is 0.508 e. The summed E-state index contributed by atoms with van der Waals surface area (Å²) in [5.74, 6) is 1.05. The van der Waals surface area contributed by atoms with Crippen LogP contribution in [-0.4, -0.2) is 37.4 Å². The molecule has 0 saturated heterocycles. The molecule has 6 nitrogen and oxygen atoms in total. The number of aromatic hydroxyl groups is 1. The monoisotopic (exact) mass is 399 g/mol. The number of imidazole rings is 1. The van der Waals surface area contributed by atoms with E-state index < -0.39 is 0 Å². The van der Waals surface area contributed by atoms with Crippen LogP contribution in [0, 0.1) is 6.92 Å². The lowest BCUT2D eigenvalue weighted by atomic mass is 9.97. The van der Waals surface area contributed by atoms with Crippen molar-refractivity contribution in [3.05, 3.63) is 59.9 Å². The van der Waals surface area contributed by atoms with E-state index in [2.05, 4.69) is 63.6 Å². The van der Waals surface area contributed by atoms with Crippen LogP contribution in [0.2, 0.25) is 0 Å². The van der Waals surface area contributed by atoms with E-state index in [4.69, 9.17) is 0 Å². The molecule has 4 aromatic rings. The number of aromatic amines is 2. The molecule has 0 unspecified atom stereocenters. The highest BCUT2D eigenvalue weighted by atomic mass is 16.3. The number of hydrogen-bond acceptors (Lipinski definition) is 4. The van der Waals surface area contributed by atoms with E-state index in [0.717, 1.165) is 51.2 Å². The van der Waals surface area contributed by atoms with Gasteiger partial charge < -0.3 is 15.4 Å². The Balaban J connectivity index is 1.50. The highest BCUT2D eigenvalue weighted by molar-refractivity contribution is 5.94. The zero-order chi connectivity index (χ0) is 20.8. The molecule has 152 valence electrons. The Bertz CT molecular complexity index is 1270. The van der Waals surface area contributed by atoms with Crippen molar-refractivity contribution in [2.45, 2.75) is 39.3 Å². The first kappa shape index (κ1) is 18.6. The second-order valence-corrected chi connectivity index (χ2v) is 8.23. The Morgan fingerprint density at radius 1 is 1.10 bits per heavy atom. The first-order valence-electron chi connectivity index (χ1n) is 10.3. The van der Waals surface area contributed by atoms with Crippen molar-refractivity contribution in [3.8, 4) is 28.4 Å². The first-order valence-corrected chi connectivity index (χ1v) is 10.3. The van der Waals surface area contributed by atoms with Gasteiger partial charge in [0.05, 0.1) is 17.4 Å². The minimum atomic E-state index is 0.280. The first-order chi connectivity index (χ1) is 14.5. The molecule has 6 heteroatoms. The van der Waals surface area contributed by atoms with Crippen molar-refractivity contribution in [3.63, 3.8) is 0 Å². The van der Waals surface area contributed by atoms with Crippen molar-refractivity contribution < 1.29 is 5.11 Å². The molecular formula is C24H25N5O. The van der Waals surface area contributed by atoms with Gasteiger partial charge in [0.2, 0.25) is 0 Å². The number of benzene rings is 2. The van der Waals surface area contributed by atoms with Crippen LogP contribution in [0.15, 0.2) is 48.7 Å². The number of nitrogens with zero attached hydrogens (tertiary/aromatic N) is 2. The number of rotatable bonds is 3. The summed E-state index contributed by atoms with van der Waals surface area (Å²) >= 11 is 0. The predicted molar refractivity (Wildman–Crippen MR) is 120 cm³/mol. The maximum Gasteiger partial charge on any atom is 0.159 e. The van der Waals surface area contributed by atoms with Crippen molar-refractivity contribution in [2.75, 3.05) is 0 Å². The lowest BCUT2D eigenvalue weighted by molar-refractivity contribution is 0.475. The van der Waals surface area contributed by atoms with E-state index in [1.54, 1.807) is 12.1 Å². The number of nitrogens with one attached hydrogen (secondary N) is 3. The van der Waals surface area contributed by atoms with Gasteiger partial charge in [0.1, 0.15) is 11.4 Å². The number of phenolic OH excluding ortho intramolecular Hbond substituents is 1. The summed E-state index contributed by atoms with van der Waals surface area (Å²) in [5.41, 5.74) is 7.32. The Morgan fingerprint density at radius 2 is 1.97 bits per heavy atom. The van der Waals surface area contributed by atoms with Gasteiger partial charge in [-0.25, -0.2) is 4.98 Å². The second-order valence-electron chi connectivity index (χ2n) is 8.23. The van der Waals surface area contributed by atoms with E-state index in [9.17, 15) is 5.11 Å². The molecule has 3 heterocycles. The maximum atomic E-state index is 9.68. The van der Waals surface area contributed by atoms with Crippen LogP contribution in [0.5, 0.6) is 5.75 Å². The third kappa shape index (κ3) is 3.29. The van der Waals surface area contributed by atoms with Crippen molar-refractivity contribution in [1.29, 1.82) is 0 Å². The van der Waals surface area contributed by atoms with Crippen LogP contribution in [0.1, 0.15) is 31.5 Å². The smallest absolute Gasteiger partial charge is 0.159 e. The third-order valence-corrected chi connectivity index (χ3v) is 5.75. The van der Waals surface area contributed by atoms with Crippen LogP contribution in [0.3, 0.4) is 0 Å².